The van der Waals surface area contributed by atoms with Gasteiger partial charge in [-0.2, -0.15) is 5.26 Å². The molecule has 106 valence electrons. The minimum Gasteiger partial charge on any atom is -0.384 e. The molecule has 0 aromatic heterocycles. The van der Waals surface area contributed by atoms with Gasteiger partial charge in [-0.3, -0.25) is 0 Å². The number of anilines is 1. The lowest BCUT2D eigenvalue weighted by Gasteiger charge is -2.16. The lowest BCUT2D eigenvalue weighted by atomic mass is 10.0. The Labute approximate surface area is 118 Å². The Morgan fingerprint density at radius 1 is 1.24 bits per heavy atom. The van der Waals surface area contributed by atoms with E-state index in [1.54, 1.807) is 12.4 Å². The van der Waals surface area contributed by atoms with Crippen LogP contribution in [0.15, 0.2) is 47.1 Å². The highest BCUT2D eigenvalue weighted by Crippen LogP contribution is 2.33. The van der Waals surface area contributed by atoms with E-state index in [9.17, 15) is 13.2 Å². The van der Waals surface area contributed by atoms with Gasteiger partial charge in [0.15, 0.2) is 17.5 Å². The molecule has 0 saturated carbocycles. The smallest absolute Gasteiger partial charge is 0.194 e. The predicted octanol–water partition coefficient (Wildman–Crippen LogP) is 1.99. The number of dihydropyridines is 1. The van der Waals surface area contributed by atoms with Crippen LogP contribution < -0.4 is 16.0 Å². The molecule has 2 heterocycles. The minimum absolute atomic E-state index is 0.157. The Morgan fingerprint density at radius 3 is 2.52 bits per heavy atom. The van der Waals surface area contributed by atoms with E-state index < -0.39 is 17.5 Å². The highest BCUT2D eigenvalue weighted by atomic mass is 19.2. The summed E-state index contributed by atoms with van der Waals surface area (Å²) in [6.45, 7) is 0.297. The second-order valence-corrected chi connectivity index (χ2v) is 4.61. The molecule has 0 amide bonds. The van der Waals surface area contributed by atoms with Gasteiger partial charge in [0, 0.05) is 42.3 Å². The molecule has 21 heavy (non-hydrogen) atoms. The molecule has 0 aliphatic carbocycles. The van der Waals surface area contributed by atoms with Crippen LogP contribution in [-0.4, -0.2) is 6.54 Å². The maximum atomic E-state index is 13.3. The van der Waals surface area contributed by atoms with E-state index in [1.807, 2.05) is 6.07 Å². The Morgan fingerprint density at radius 2 is 1.90 bits per heavy atom. The van der Waals surface area contributed by atoms with Crippen LogP contribution in [-0.2, 0) is 0 Å². The van der Waals surface area contributed by atoms with E-state index >= 15 is 0 Å². The summed E-state index contributed by atoms with van der Waals surface area (Å²) in [6, 6.07) is 3.78. The van der Waals surface area contributed by atoms with Gasteiger partial charge in [0.1, 0.15) is 17.5 Å². The quantitative estimate of drug-likeness (QED) is 0.776. The van der Waals surface area contributed by atoms with Crippen molar-refractivity contribution in [2.45, 2.75) is 0 Å². The van der Waals surface area contributed by atoms with Crippen LogP contribution in [0.2, 0.25) is 0 Å². The molecule has 7 heteroatoms. The number of nitrogens with zero attached hydrogens (tertiary/aromatic N) is 2. The molecule has 1 aromatic rings. The zero-order chi connectivity index (χ0) is 15.1. The van der Waals surface area contributed by atoms with Gasteiger partial charge in [-0.05, 0) is 5.57 Å². The van der Waals surface area contributed by atoms with Crippen molar-refractivity contribution in [3.8, 4) is 6.07 Å². The van der Waals surface area contributed by atoms with Gasteiger partial charge in [-0.15, -0.1) is 0 Å². The van der Waals surface area contributed by atoms with E-state index in [4.69, 9.17) is 11.0 Å². The summed E-state index contributed by atoms with van der Waals surface area (Å²) in [5, 5.41) is 11.9. The summed E-state index contributed by atoms with van der Waals surface area (Å²) in [4.78, 5) is 1.52. The van der Waals surface area contributed by atoms with Gasteiger partial charge in [-0.25, -0.2) is 13.2 Å². The molecule has 0 spiro atoms. The molecule has 3 rings (SSSR count). The standard InChI is InChI=1S/C14H9F3N4/c15-11-1-8(2-12(16)13(11)17)21-5-7-4-20-14(19)9(3-18)10(7)6-21/h1-2,4,6,20H,5,19H2. The van der Waals surface area contributed by atoms with Crippen LogP contribution >= 0.6 is 0 Å². The number of rotatable bonds is 1. The van der Waals surface area contributed by atoms with Crippen molar-refractivity contribution in [1.29, 1.82) is 5.26 Å². The fourth-order valence-electron chi connectivity index (χ4n) is 2.28. The lowest BCUT2D eigenvalue weighted by molar-refractivity contribution is 0.447. The van der Waals surface area contributed by atoms with Crippen LogP contribution in [0.3, 0.4) is 0 Å². The van der Waals surface area contributed by atoms with Gasteiger partial charge >= 0.3 is 0 Å². The molecule has 3 N–H and O–H groups in total. The second kappa shape index (κ2) is 4.59. The van der Waals surface area contributed by atoms with Gasteiger partial charge in [0.05, 0.1) is 0 Å². The van der Waals surface area contributed by atoms with E-state index in [2.05, 4.69) is 5.32 Å². The van der Waals surface area contributed by atoms with Gasteiger partial charge in [0.2, 0.25) is 0 Å². The Hall–Kier alpha value is -2.88. The average molecular weight is 290 g/mol. The molecule has 0 saturated heterocycles. The zero-order valence-electron chi connectivity index (χ0n) is 10.6. The number of nitrogens with one attached hydrogen (secondary N) is 1. The van der Waals surface area contributed by atoms with Crippen molar-refractivity contribution in [2.75, 3.05) is 11.4 Å². The van der Waals surface area contributed by atoms with Crippen LogP contribution in [0, 0.1) is 28.8 Å². The third-order valence-electron chi connectivity index (χ3n) is 3.32. The summed E-state index contributed by atoms with van der Waals surface area (Å²) in [6.07, 6.45) is 3.18. The molecule has 2 aliphatic heterocycles. The third kappa shape index (κ3) is 2.01. The molecule has 0 atom stereocenters. The Balaban J connectivity index is 2.03. The van der Waals surface area contributed by atoms with Crippen molar-refractivity contribution >= 4 is 5.69 Å². The highest BCUT2D eigenvalue weighted by Gasteiger charge is 2.27. The van der Waals surface area contributed by atoms with Crippen LogP contribution in [0.25, 0.3) is 0 Å². The van der Waals surface area contributed by atoms with E-state index in [0.717, 1.165) is 17.7 Å². The first kappa shape index (κ1) is 13.1. The van der Waals surface area contributed by atoms with Crippen LogP contribution in [0.5, 0.6) is 0 Å². The van der Waals surface area contributed by atoms with Crippen molar-refractivity contribution in [3.05, 3.63) is 64.5 Å². The molecular formula is C14H9F3N4. The summed E-state index contributed by atoms with van der Waals surface area (Å²) in [5.74, 6) is -3.82. The van der Waals surface area contributed by atoms with Crippen LogP contribution in [0.1, 0.15) is 0 Å². The van der Waals surface area contributed by atoms with Crippen molar-refractivity contribution in [2.24, 2.45) is 5.73 Å². The minimum atomic E-state index is -1.51. The normalized spacial score (nSPS) is 17.0. The monoisotopic (exact) mass is 290 g/mol. The molecule has 0 unspecified atom stereocenters. The third-order valence-corrected chi connectivity index (χ3v) is 3.32. The lowest BCUT2D eigenvalue weighted by Crippen LogP contribution is -2.22. The van der Waals surface area contributed by atoms with Crippen molar-refractivity contribution in [3.63, 3.8) is 0 Å². The SMILES string of the molecule is N#CC1=C(N)NC=C2CN(c3cc(F)c(F)c(F)c3)C=C21. The number of halogens is 3. The topological polar surface area (TPSA) is 65.1 Å². The average Bonchev–Trinajstić information content (AvgIpc) is 2.88. The molecule has 2 aliphatic rings. The summed E-state index contributed by atoms with van der Waals surface area (Å²) in [5.41, 5.74) is 7.43. The Kier molecular flexibility index (Phi) is 2.87. The fraction of sp³-hybridized carbons (Fsp3) is 0.0714. The first-order chi connectivity index (χ1) is 10.0. The number of nitrogens with two attached hydrogens (primary N) is 1. The number of fused-ring (bicyclic) bond motifs is 1. The molecule has 4 nitrogen and oxygen atoms in total. The first-order valence-electron chi connectivity index (χ1n) is 6.00. The molecular weight excluding hydrogens is 281 g/mol. The number of benzene rings is 1. The maximum absolute atomic E-state index is 13.3. The molecule has 0 fully saturated rings. The largest absolute Gasteiger partial charge is 0.384 e. The Bertz CT molecular complexity index is 748. The first-order valence-corrected chi connectivity index (χ1v) is 6.00. The van der Waals surface area contributed by atoms with Gasteiger partial charge in [-0.1, -0.05) is 0 Å². The number of hydrogen-bond donors (Lipinski definition) is 2. The molecule has 0 radical (unpaired) electrons. The molecule has 0 bridgehead atoms. The summed E-state index contributed by atoms with van der Waals surface area (Å²) >= 11 is 0. The summed E-state index contributed by atoms with van der Waals surface area (Å²) in [7, 11) is 0. The van der Waals surface area contributed by atoms with E-state index in [1.165, 1.54) is 4.90 Å². The fourth-order valence-corrected chi connectivity index (χ4v) is 2.28. The summed E-state index contributed by atoms with van der Waals surface area (Å²) < 4.78 is 39.6. The van der Waals surface area contributed by atoms with Gasteiger partial charge in [0.25, 0.3) is 0 Å². The molecule has 1 aromatic carbocycles. The van der Waals surface area contributed by atoms with E-state index in [-0.39, 0.29) is 17.1 Å². The van der Waals surface area contributed by atoms with Gasteiger partial charge < -0.3 is 16.0 Å². The maximum Gasteiger partial charge on any atom is 0.194 e. The van der Waals surface area contributed by atoms with Crippen LogP contribution in [0.4, 0.5) is 18.9 Å². The number of hydrogen-bond acceptors (Lipinski definition) is 4. The number of nitriles is 1. The van der Waals surface area contributed by atoms with Crippen molar-refractivity contribution < 1.29 is 13.2 Å². The predicted molar refractivity (Wildman–Crippen MR) is 69.8 cm³/mol. The number of allylic oxidation sites excluding steroid dienone is 1. The highest BCUT2D eigenvalue weighted by molar-refractivity contribution is 5.67. The van der Waals surface area contributed by atoms with Crippen molar-refractivity contribution in [1.82, 2.24) is 5.32 Å². The second-order valence-electron chi connectivity index (χ2n) is 4.61. The zero-order valence-corrected chi connectivity index (χ0v) is 10.6. The van der Waals surface area contributed by atoms with E-state index in [0.29, 0.717) is 12.1 Å².